The van der Waals surface area contributed by atoms with E-state index in [1.165, 1.54) is 5.56 Å². The fraction of sp³-hybridized carbons (Fsp3) is 0.375. The van der Waals surface area contributed by atoms with E-state index in [0.717, 1.165) is 18.4 Å². The van der Waals surface area contributed by atoms with Crippen LogP contribution in [0.15, 0.2) is 54.6 Å². The number of amides is 2. The fourth-order valence-corrected chi connectivity index (χ4v) is 2.79. The van der Waals surface area contributed by atoms with Crippen molar-refractivity contribution in [2.45, 2.75) is 39.0 Å². The van der Waals surface area contributed by atoms with Crippen LogP contribution < -0.4 is 10.6 Å². The first-order chi connectivity index (χ1) is 14.3. The van der Waals surface area contributed by atoms with Crippen molar-refractivity contribution in [3.63, 3.8) is 0 Å². The zero-order valence-corrected chi connectivity index (χ0v) is 17.9. The molecule has 0 saturated heterocycles. The van der Waals surface area contributed by atoms with Crippen LogP contribution in [0.1, 0.15) is 48.7 Å². The van der Waals surface area contributed by atoms with Gasteiger partial charge in [-0.2, -0.15) is 0 Å². The van der Waals surface area contributed by atoms with Gasteiger partial charge in [0.05, 0.1) is 0 Å². The molecule has 6 heteroatoms. The lowest BCUT2D eigenvalue weighted by Crippen LogP contribution is -2.34. The zero-order chi connectivity index (χ0) is 22.0. The van der Waals surface area contributed by atoms with Gasteiger partial charge >= 0.3 is 5.97 Å². The van der Waals surface area contributed by atoms with Gasteiger partial charge in [-0.3, -0.25) is 14.4 Å². The molecule has 0 radical (unpaired) electrons. The maximum atomic E-state index is 12.1. The second kappa shape index (κ2) is 11.1. The van der Waals surface area contributed by atoms with Crippen LogP contribution in [0.4, 0.5) is 0 Å². The summed E-state index contributed by atoms with van der Waals surface area (Å²) < 4.78 is 4.90. The standard InChI is InChI=1S/C24H30N2O4/c1-24(2,3)20-13-11-19(12-14-20)23(29)26-16-22(28)30-17-21(27)25-15-7-10-18-8-5-4-6-9-18/h4-6,8-9,11-14H,7,10,15-17H2,1-3H3,(H,25,27)(H,26,29). The summed E-state index contributed by atoms with van der Waals surface area (Å²) >= 11 is 0. The number of nitrogens with one attached hydrogen (secondary N) is 2. The smallest absolute Gasteiger partial charge is 0.325 e. The van der Waals surface area contributed by atoms with E-state index in [0.29, 0.717) is 12.1 Å². The number of ether oxygens (including phenoxy) is 1. The fourth-order valence-electron chi connectivity index (χ4n) is 2.79. The van der Waals surface area contributed by atoms with Gasteiger partial charge in [-0.05, 0) is 41.5 Å². The summed E-state index contributed by atoms with van der Waals surface area (Å²) in [5.41, 5.74) is 2.79. The number of aryl methyl sites for hydroxylation is 1. The van der Waals surface area contributed by atoms with E-state index in [-0.39, 0.29) is 30.4 Å². The van der Waals surface area contributed by atoms with Crippen LogP contribution in [-0.2, 0) is 26.2 Å². The van der Waals surface area contributed by atoms with Crippen molar-refractivity contribution in [1.29, 1.82) is 0 Å². The van der Waals surface area contributed by atoms with Gasteiger partial charge in [0.2, 0.25) is 0 Å². The number of carbonyl (C=O) groups excluding carboxylic acids is 3. The van der Waals surface area contributed by atoms with Crippen LogP contribution in [0, 0.1) is 0 Å². The number of hydrogen-bond acceptors (Lipinski definition) is 4. The first kappa shape index (κ1) is 23.1. The maximum absolute atomic E-state index is 12.1. The molecular weight excluding hydrogens is 380 g/mol. The molecule has 0 aliphatic carbocycles. The lowest BCUT2D eigenvalue weighted by molar-refractivity contribution is -0.147. The van der Waals surface area contributed by atoms with Crippen LogP contribution in [-0.4, -0.2) is 37.5 Å². The Kier molecular flexibility index (Phi) is 8.59. The molecule has 160 valence electrons. The molecule has 0 aliphatic rings. The van der Waals surface area contributed by atoms with Crippen molar-refractivity contribution >= 4 is 17.8 Å². The Labute approximate surface area is 178 Å². The van der Waals surface area contributed by atoms with Crippen molar-refractivity contribution in [3.05, 3.63) is 71.3 Å². The molecule has 6 nitrogen and oxygen atoms in total. The van der Waals surface area contributed by atoms with Crippen molar-refractivity contribution in [2.75, 3.05) is 19.7 Å². The van der Waals surface area contributed by atoms with E-state index in [1.807, 2.05) is 42.5 Å². The number of hydrogen-bond donors (Lipinski definition) is 2. The third kappa shape index (κ3) is 8.07. The normalized spacial score (nSPS) is 10.9. The topological polar surface area (TPSA) is 84.5 Å². The summed E-state index contributed by atoms with van der Waals surface area (Å²) in [6.45, 7) is 6.14. The van der Waals surface area contributed by atoms with E-state index < -0.39 is 5.97 Å². The predicted molar refractivity (Wildman–Crippen MR) is 116 cm³/mol. The molecule has 2 aromatic rings. The molecule has 0 fully saturated rings. The molecule has 2 N–H and O–H groups in total. The van der Waals surface area contributed by atoms with Crippen molar-refractivity contribution in [2.24, 2.45) is 0 Å². The third-order valence-corrected chi connectivity index (χ3v) is 4.58. The SMILES string of the molecule is CC(C)(C)c1ccc(C(=O)NCC(=O)OCC(=O)NCCCc2ccccc2)cc1. The summed E-state index contributed by atoms with van der Waals surface area (Å²) in [5.74, 6) is -1.38. The highest BCUT2D eigenvalue weighted by atomic mass is 16.5. The van der Waals surface area contributed by atoms with Crippen molar-refractivity contribution < 1.29 is 19.1 Å². The summed E-state index contributed by atoms with van der Waals surface area (Å²) in [7, 11) is 0. The van der Waals surface area contributed by atoms with Gasteiger partial charge in [0.1, 0.15) is 6.54 Å². The number of rotatable bonds is 9. The average Bonchev–Trinajstić information content (AvgIpc) is 2.73. The minimum absolute atomic E-state index is 0.000924. The Hall–Kier alpha value is -3.15. The second-order valence-corrected chi connectivity index (χ2v) is 8.11. The number of carbonyl (C=O) groups is 3. The molecule has 0 aliphatic heterocycles. The van der Waals surface area contributed by atoms with Gasteiger partial charge in [-0.25, -0.2) is 0 Å². The van der Waals surface area contributed by atoms with E-state index in [2.05, 4.69) is 31.4 Å². The highest BCUT2D eigenvalue weighted by Gasteiger charge is 2.15. The lowest BCUT2D eigenvalue weighted by atomic mass is 9.87. The van der Waals surface area contributed by atoms with E-state index >= 15 is 0 Å². The summed E-state index contributed by atoms with van der Waals surface area (Å²) in [4.78, 5) is 35.7. The Morgan fingerprint density at radius 2 is 1.57 bits per heavy atom. The van der Waals surface area contributed by atoms with Crippen LogP contribution in [0.25, 0.3) is 0 Å². The van der Waals surface area contributed by atoms with Gasteiger partial charge in [-0.1, -0.05) is 63.2 Å². The van der Waals surface area contributed by atoms with Gasteiger partial charge in [0, 0.05) is 12.1 Å². The first-order valence-corrected chi connectivity index (χ1v) is 10.1. The molecule has 2 amide bonds. The minimum atomic E-state index is -0.658. The molecule has 30 heavy (non-hydrogen) atoms. The molecule has 0 unspecified atom stereocenters. The number of esters is 1. The van der Waals surface area contributed by atoms with Crippen LogP contribution in [0.5, 0.6) is 0 Å². The molecule has 0 spiro atoms. The number of benzene rings is 2. The Bertz CT molecular complexity index is 840. The summed E-state index contributed by atoms with van der Waals surface area (Å²) in [6.07, 6.45) is 1.66. The molecule has 0 heterocycles. The van der Waals surface area contributed by atoms with Gasteiger partial charge in [0.25, 0.3) is 11.8 Å². The Morgan fingerprint density at radius 3 is 2.20 bits per heavy atom. The highest BCUT2D eigenvalue weighted by molar-refractivity contribution is 5.96. The Balaban J connectivity index is 1.62. The van der Waals surface area contributed by atoms with Gasteiger partial charge < -0.3 is 15.4 Å². The average molecular weight is 411 g/mol. The third-order valence-electron chi connectivity index (χ3n) is 4.58. The van der Waals surface area contributed by atoms with E-state index in [4.69, 9.17) is 4.74 Å². The first-order valence-electron chi connectivity index (χ1n) is 10.1. The zero-order valence-electron chi connectivity index (χ0n) is 17.9. The molecule has 0 saturated carbocycles. The van der Waals surface area contributed by atoms with E-state index in [9.17, 15) is 14.4 Å². The predicted octanol–water partition coefficient (Wildman–Crippen LogP) is 3.01. The second-order valence-electron chi connectivity index (χ2n) is 8.11. The van der Waals surface area contributed by atoms with Crippen LogP contribution >= 0.6 is 0 Å². The molecule has 0 atom stereocenters. The Morgan fingerprint density at radius 1 is 0.900 bits per heavy atom. The van der Waals surface area contributed by atoms with Gasteiger partial charge in [0.15, 0.2) is 6.61 Å². The van der Waals surface area contributed by atoms with Crippen LogP contribution in [0.3, 0.4) is 0 Å². The van der Waals surface area contributed by atoms with E-state index in [1.54, 1.807) is 12.1 Å². The molecule has 0 aromatic heterocycles. The van der Waals surface area contributed by atoms with Gasteiger partial charge in [-0.15, -0.1) is 0 Å². The summed E-state index contributed by atoms with van der Waals surface area (Å²) in [5, 5.41) is 5.22. The van der Waals surface area contributed by atoms with Crippen molar-refractivity contribution in [1.82, 2.24) is 10.6 Å². The van der Waals surface area contributed by atoms with Crippen molar-refractivity contribution in [3.8, 4) is 0 Å². The monoisotopic (exact) mass is 410 g/mol. The van der Waals surface area contributed by atoms with Crippen LogP contribution in [0.2, 0.25) is 0 Å². The molecule has 2 aromatic carbocycles. The minimum Gasteiger partial charge on any atom is -0.454 e. The molecule has 2 rings (SSSR count). The largest absolute Gasteiger partial charge is 0.454 e. The highest BCUT2D eigenvalue weighted by Crippen LogP contribution is 2.22. The quantitative estimate of drug-likeness (QED) is 0.492. The molecule has 0 bridgehead atoms. The summed E-state index contributed by atoms with van der Waals surface area (Å²) in [6, 6.07) is 17.2. The maximum Gasteiger partial charge on any atom is 0.325 e. The molecular formula is C24H30N2O4. The lowest BCUT2D eigenvalue weighted by Gasteiger charge is -2.19.